The van der Waals surface area contributed by atoms with E-state index in [0.29, 0.717) is 27.6 Å². The molecule has 5 fully saturated rings. The fourth-order valence-electron chi connectivity index (χ4n) is 11.3. The van der Waals surface area contributed by atoms with Gasteiger partial charge >= 0.3 is 0 Å². The minimum Gasteiger partial charge on any atom is -0.393 e. The number of rotatable bonds is 5. The lowest BCUT2D eigenvalue weighted by atomic mass is 9.41. The fraction of sp³-hybridized carbons (Fsp3) is 0.935. The molecular formula is C31H52O. The van der Waals surface area contributed by atoms with Gasteiger partial charge in [0.25, 0.3) is 0 Å². The van der Waals surface area contributed by atoms with E-state index in [2.05, 4.69) is 55.0 Å². The van der Waals surface area contributed by atoms with Crippen LogP contribution in [-0.2, 0) is 0 Å². The van der Waals surface area contributed by atoms with Crippen molar-refractivity contribution in [3.63, 3.8) is 0 Å². The standard InChI is InChI=1S/C31H52O/c1-20(2)21(3)9-10-22(4)23-13-15-29(8)25-12-11-24-27(5,6)26(32)14-16-30(24)19-31(25,30)18-17-28(23,29)7/h21-26,32H,1,9-19H2,2-8H3. The number of hydrogen-bond acceptors (Lipinski definition) is 1. The second kappa shape index (κ2) is 7.11. The molecule has 5 saturated carbocycles. The zero-order valence-corrected chi connectivity index (χ0v) is 22.4. The van der Waals surface area contributed by atoms with Gasteiger partial charge in [0.1, 0.15) is 0 Å². The molecule has 0 aromatic carbocycles. The molecule has 0 aliphatic heterocycles. The zero-order chi connectivity index (χ0) is 23.3. The molecule has 32 heavy (non-hydrogen) atoms. The Bertz CT molecular complexity index is 781. The molecule has 1 heteroatoms. The van der Waals surface area contributed by atoms with Crippen molar-refractivity contribution in [2.45, 2.75) is 125 Å². The van der Waals surface area contributed by atoms with Gasteiger partial charge in [0.2, 0.25) is 0 Å². The highest BCUT2D eigenvalue weighted by molar-refractivity contribution is 5.30. The van der Waals surface area contributed by atoms with Crippen LogP contribution in [0.4, 0.5) is 0 Å². The predicted molar refractivity (Wildman–Crippen MR) is 135 cm³/mol. The number of aliphatic hydroxyl groups excluding tert-OH is 1. The summed E-state index contributed by atoms with van der Waals surface area (Å²) in [4.78, 5) is 0. The summed E-state index contributed by atoms with van der Waals surface area (Å²) in [6.45, 7) is 21.6. The Hall–Kier alpha value is -0.300. The molecule has 1 nitrogen and oxygen atoms in total. The Morgan fingerprint density at radius 2 is 1.50 bits per heavy atom. The van der Waals surface area contributed by atoms with Crippen LogP contribution in [0.3, 0.4) is 0 Å². The van der Waals surface area contributed by atoms with Gasteiger partial charge in [-0.25, -0.2) is 0 Å². The number of hydrogen-bond donors (Lipinski definition) is 1. The largest absolute Gasteiger partial charge is 0.393 e. The highest BCUT2D eigenvalue weighted by Gasteiger charge is 2.82. The van der Waals surface area contributed by atoms with Crippen molar-refractivity contribution in [2.24, 2.45) is 56.7 Å². The van der Waals surface area contributed by atoms with E-state index >= 15 is 0 Å². The highest BCUT2D eigenvalue weighted by atomic mass is 16.3. The monoisotopic (exact) mass is 440 g/mol. The molecule has 0 amide bonds. The van der Waals surface area contributed by atoms with Crippen LogP contribution in [0.1, 0.15) is 119 Å². The molecule has 10 unspecified atom stereocenters. The summed E-state index contributed by atoms with van der Waals surface area (Å²) in [5.41, 5.74) is 3.71. The van der Waals surface area contributed by atoms with Crippen LogP contribution < -0.4 is 0 Å². The van der Waals surface area contributed by atoms with E-state index in [1.165, 1.54) is 69.8 Å². The van der Waals surface area contributed by atoms with Crippen LogP contribution in [0, 0.1) is 56.7 Å². The van der Waals surface area contributed by atoms with E-state index in [-0.39, 0.29) is 11.5 Å². The lowest BCUT2D eigenvalue weighted by molar-refractivity contribution is -0.161. The maximum absolute atomic E-state index is 10.9. The van der Waals surface area contributed by atoms with E-state index in [9.17, 15) is 5.11 Å². The first-order chi connectivity index (χ1) is 14.9. The van der Waals surface area contributed by atoms with Crippen LogP contribution in [0.15, 0.2) is 12.2 Å². The summed E-state index contributed by atoms with van der Waals surface area (Å²) >= 11 is 0. The molecule has 0 bridgehead atoms. The van der Waals surface area contributed by atoms with E-state index in [4.69, 9.17) is 0 Å². The van der Waals surface area contributed by atoms with E-state index in [0.717, 1.165) is 30.1 Å². The summed E-state index contributed by atoms with van der Waals surface area (Å²) in [7, 11) is 0. The van der Waals surface area contributed by atoms with Crippen molar-refractivity contribution in [1.29, 1.82) is 0 Å². The molecule has 0 heterocycles. The third-order valence-corrected chi connectivity index (χ3v) is 13.7. The third kappa shape index (κ3) is 2.73. The van der Waals surface area contributed by atoms with E-state index < -0.39 is 0 Å². The van der Waals surface area contributed by atoms with Crippen molar-refractivity contribution < 1.29 is 5.11 Å². The summed E-state index contributed by atoms with van der Waals surface area (Å²) in [6.07, 6.45) is 15.1. The van der Waals surface area contributed by atoms with Gasteiger partial charge in [-0.05, 0) is 134 Å². The minimum atomic E-state index is -0.0879. The molecule has 0 aromatic heterocycles. The highest BCUT2D eigenvalue weighted by Crippen LogP contribution is 2.89. The van der Waals surface area contributed by atoms with Crippen molar-refractivity contribution in [1.82, 2.24) is 0 Å². The van der Waals surface area contributed by atoms with Crippen molar-refractivity contribution in [2.75, 3.05) is 0 Å². The molecule has 10 atom stereocenters. The van der Waals surface area contributed by atoms with Gasteiger partial charge in [-0.1, -0.05) is 53.7 Å². The summed E-state index contributed by atoms with van der Waals surface area (Å²) < 4.78 is 0. The average molecular weight is 441 g/mol. The average Bonchev–Trinajstić information content (AvgIpc) is 3.31. The Morgan fingerprint density at radius 3 is 2.19 bits per heavy atom. The lowest BCUT2D eigenvalue weighted by Gasteiger charge is -2.63. The summed E-state index contributed by atoms with van der Waals surface area (Å²) in [5.74, 6) is 4.09. The molecule has 0 radical (unpaired) electrons. The molecule has 0 saturated heterocycles. The summed E-state index contributed by atoms with van der Waals surface area (Å²) in [5, 5.41) is 10.9. The van der Waals surface area contributed by atoms with Gasteiger partial charge in [-0.2, -0.15) is 0 Å². The van der Waals surface area contributed by atoms with Crippen LogP contribution in [0.5, 0.6) is 0 Å². The first-order valence-electron chi connectivity index (χ1n) is 14.2. The molecule has 182 valence electrons. The molecule has 5 aliphatic carbocycles. The van der Waals surface area contributed by atoms with Gasteiger partial charge in [-0.15, -0.1) is 0 Å². The SMILES string of the molecule is C=C(C)C(C)CCC(C)C1CCC2(C)C3CCC4C(C)(C)C(O)CCC45CC35CCC12C. The lowest BCUT2D eigenvalue weighted by Crippen LogP contribution is -2.57. The van der Waals surface area contributed by atoms with Gasteiger partial charge in [-0.3, -0.25) is 0 Å². The van der Waals surface area contributed by atoms with Gasteiger partial charge in [0.05, 0.1) is 6.10 Å². The maximum Gasteiger partial charge on any atom is 0.0594 e. The summed E-state index contributed by atoms with van der Waals surface area (Å²) in [6, 6.07) is 0. The van der Waals surface area contributed by atoms with Crippen LogP contribution in [0.25, 0.3) is 0 Å². The van der Waals surface area contributed by atoms with Crippen molar-refractivity contribution in [3.05, 3.63) is 12.2 Å². The molecule has 2 spiro atoms. The number of allylic oxidation sites excluding steroid dienone is 1. The smallest absolute Gasteiger partial charge is 0.0594 e. The first-order valence-corrected chi connectivity index (χ1v) is 14.2. The van der Waals surface area contributed by atoms with Crippen molar-refractivity contribution in [3.8, 4) is 0 Å². The predicted octanol–water partition coefficient (Wildman–Crippen LogP) is 8.41. The van der Waals surface area contributed by atoms with E-state index in [1.807, 2.05) is 0 Å². The molecular weight excluding hydrogens is 388 g/mol. The van der Waals surface area contributed by atoms with Crippen LogP contribution in [0.2, 0.25) is 0 Å². The topological polar surface area (TPSA) is 20.2 Å². The van der Waals surface area contributed by atoms with Crippen LogP contribution >= 0.6 is 0 Å². The molecule has 5 aliphatic rings. The van der Waals surface area contributed by atoms with E-state index in [1.54, 1.807) is 0 Å². The normalized spacial score (nSPS) is 52.8. The first kappa shape index (κ1) is 23.4. The third-order valence-electron chi connectivity index (χ3n) is 13.7. The minimum absolute atomic E-state index is 0.0879. The quantitative estimate of drug-likeness (QED) is 0.425. The van der Waals surface area contributed by atoms with Crippen LogP contribution in [-0.4, -0.2) is 11.2 Å². The molecule has 0 aromatic rings. The molecule has 5 rings (SSSR count). The maximum atomic E-state index is 10.9. The second-order valence-electron chi connectivity index (χ2n) is 14.8. The van der Waals surface area contributed by atoms with Gasteiger partial charge < -0.3 is 5.11 Å². The van der Waals surface area contributed by atoms with Gasteiger partial charge in [0, 0.05) is 0 Å². The zero-order valence-electron chi connectivity index (χ0n) is 22.4. The Kier molecular flexibility index (Phi) is 5.21. The fourth-order valence-corrected chi connectivity index (χ4v) is 11.3. The Morgan fingerprint density at radius 1 is 0.844 bits per heavy atom. The Labute approximate surface area is 199 Å². The van der Waals surface area contributed by atoms with Crippen molar-refractivity contribution >= 4 is 0 Å². The number of fused-ring (bicyclic) bond motifs is 2. The number of aliphatic hydroxyl groups is 1. The molecule has 1 N–H and O–H groups in total. The Balaban J connectivity index is 1.39. The second-order valence-corrected chi connectivity index (χ2v) is 14.8. The van der Waals surface area contributed by atoms with Gasteiger partial charge in [0.15, 0.2) is 0 Å².